The summed E-state index contributed by atoms with van der Waals surface area (Å²) in [6.45, 7) is 1.31. The Kier molecular flexibility index (Phi) is 3.66. The van der Waals surface area contributed by atoms with Crippen molar-refractivity contribution in [3.63, 3.8) is 0 Å². The minimum absolute atomic E-state index is 0.0965. The predicted octanol–water partition coefficient (Wildman–Crippen LogP) is 0.477. The molecule has 0 spiro atoms. The van der Waals surface area contributed by atoms with Crippen LogP contribution in [0, 0.1) is 0 Å². The summed E-state index contributed by atoms with van der Waals surface area (Å²) in [7, 11) is 1.62. The number of fused-ring (bicyclic) bond motifs is 1. The van der Waals surface area contributed by atoms with Crippen molar-refractivity contribution >= 4 is 0 Å². The molecule has 0 fully saturated rings. The summed E-state index contributed by atoms with van der Waals surface area (Å²) in [6, 6.07) is 5.30. The van der Waals surface area contributed by atoms with E-state index in [4.69, 9.17) is 9.47 Å². The topological polar surface area (TPSA) is 78.5 Å². The SMILES string of the molecule is Cn1cnn(CC(O)c2ccc3c(c2)OCCCO3)c1=O. The lowest BCUT2D eigenvalue weighted by Gasteiger charge is -2.13. The molecular weight excluding hydrogens is 274 g/mol. The molecule has 1 unspecified atom stereocenters. The van der Waals surface area contributed by atoms with Gasteiger partial charge < -0.3 is 14.6 Å². The number of aromatic nitrogens is 3. The van der Waals surface area contributed by atoms with E-state index >= 15 is 0 Å². The van der Waals surface area contributed by atoms with Gasteiger partial charge in [0.2, 0.25) is 0 Å². The van der Waals surface area contributed by atoms with E-state index in [1.807, 2.05) is 0 Å². The Morgan fingerprint density at radius 1 is 1.33 bits per heavy atom. The van der Waals surface area contributed by atoms with Crippen LogP contribution in [-0.4, -0.2) is 32.7 Å². The lowest BCUT2D eigenvalue weighted by atomic mass is 10.1. The van der Waals surface area contributed by atoms with Crippen molar-refractivity contribution in [1.29, 1.82) is 0 Å². The van der Waals surface area contributed by atoms with Crippen molar-refractivity contribution in [1.82, 2.24) is 14.3 Å². The Balaban J connectivity index is 1.81. The number of aryl methyl sites for hydroxylation is 1. The Bertz CT molecular complexity index is 692. The van der Waals surface area contributed by atoms with Gasteiger partial charge in [-0.1, -0.05) is 6.07 Å². The van der Waals surface area contributed by atoms with Gasteiger partial charge in [-0.2, -0.15) is 5.10 Å². The molecule has 0 saturated carbocycles. The van der Waals surface area contributed by atoms with Gasteiger partial charge in [-0.15, -0.1) is 0 Å². The third-order valence-electron chi connectivity index (χ3n) is 3.39. The fraction of sp³-hybridized carbons (Fsp3) is 0.429. The highest BCUT2D eigenvalue weighted by molar-refractivity contribution is 5.44. The number of ether oxygens (including phenoxy) is 2. The van der Waals surface area contributed by atoms with Gasteiger partial charge in [0.1, 0.15) is 6.33 Å². The minimum atomic E-state index is -0.838. The Labute approximate surface area is 121 Å². The average molecular weight is 291 g/mol. The molecule has 0 saturated heterocycles. The fourth-order valence-electron chi connectivity index (χ4n) is 2.20. The third kappa shape index (κ3) is 2.78. The molecule has 112 valence electrons. The van der Waals surface area contributed by atoms with Crippen molar-refractivity contribution in [2.24, 2.45) is 7.05 Å². The number of aliphatic hydroxyl groups excluding tert-OH is 1. The molecule has 0 radical (unpaired) electrons. The second-order valence-electron chi connectivity index (χ2n) is 4.98. The molecule has 1 N–H and O–H groups in total. The number of hydrogen-bond acceptors (Lipinski definition) is 5. The molecular formula is C14H17N3O4. The van der Waals surface area contributed by atoms with E-state index < -0.39 is 6.10 Å². The number of hydrogen-bond donors (Lipinski definition) is 1. The monoisotopic (exact) mass is 291 g/mol. The molecule has 2 aromatic rings. The van der Waals surface area contributed by atoms with Gasteiger partial charge in [-0.3, -0.25) is 4.57 Å². The molecule has 1 aliphatic heterocycles. The molecule has 0 amide bonds. The Hall–Kier alpha value is -2.28. The van der Waals surface area contributed by atoms with Crippen LogP contribution in [0.4, 0.5) is 0 Å². The highest BCUT2D eigenvalue weighted by Crippen LogP contribution is 2.32. The van der Waals surface area contributed by atoms with Crippen LogP contribution in [-0.2, 0) is 13.6 Å². The summed E-state index contributed by atoms with van der Waals surface area (Å²) in [4.78, 5) is 11.7. The largest absolute Gasteiger partial charge is 0.490 e. The number of aliphatic hydroxyl groups is 1. The molecule has 0 aliphatic carbocycles. The zero-order valence-electron chi connectivity index (χ0n) is 11.7. The second kappa shape index (κ2) is 5.61. The maximum atomic E-state index is 11.7. The first kappa shape index (κ1) is 13.7. The van der Waals surface area contributed by atoms with E-state index in [0.29, 0.717) is 30.3 Å². The van der Waals surface area contributed by atoms with Crippen LogP contribution >= 0.6 is 0 Å². The summed E-state index contributed by atoms with van der Waals surface area (Å²) in [5.74, 6) is 1.30. The predicted molar refractivity (Wildman–Crippen MR) is 74.5 cm³/mol. The normalized spacial score (nSPS) is 15.5. The van der Waals surface area contributed by atoms with E-state index in [0.717, 1.165) is 6.42 Å². The molecule has 1 atom stereocenters. The molecule has 1 aliphatic rings. The maximum absolute atomic E-state index is 11.7. The average Bonchev–Trinajstić information content (AvgIpc) is 2.71. The van der Waals surface area contributed by atoms with Gasteiger partial charge in [0.25, 0.3) is 0 Å². The van der Waals surface area contributed by atoms with Crippen LogP contribution in [0.25, 0.3) is 0 Å². The summed E-state index contributed by atoms with van der Waals surface area (Å²) in [5.41, 5.74) is 0.403. The molecule has 7 heteroatoms. The van der Waals surface area contributed by atoms with Crippen LogP contribution in [0.1, 0.15) is 18.1 Å². The fourth-order valence-corrected chi connectivity index (χ4v) is 2.20. The van der Waals surface area contributed by atoms with Crippen LogP contribution in [0.2, 0.25) is 0 Å². The minimum Gasteiger partial charge on any atom is -0.490 e. The second-order valence-corrected chi connectivity index (χ2v) is 4.98. The number of benzene rings is 1. The van der Waals surface area contributed by atoms with Crippen molar-refractivity contribution in [2.75, 3.05) is 13.2 Å². The van der Waals surface area contributed by atoms with E-state index in [2.05, 4.69) is 5.10 Å². The molecule has 0 bridgehead atoms. The van der Waals surface area contributed by atoms with Gasteiger partial charge in [0.15, 0.2) is 11.5 Å². The van der Waals surface area contributed by atoms with Crippen molar-refractivity contribution in [2.45, 2.75) is 19.1 Å². The van der Waals surface area contributed by atoms with Gasteiger partial charge >= 0.3 is 5.69 Å². The van der Waals surface area contributed by atoms with Gasteiger partial charge in [0, 0.05) is 13.5 Å². The maximum Gasteiger partial charge on any atom is 0.345 e. The summed E-state index contributed by atoms with van der Waals surface area (Å²) < 4.78 is 13.7. The van der Waals surface area contributed by atoms with Crippen LogP contribution in [0.15, 0.2) is 29.3 Å². The van der Waals surface area contributed by atoms with Crippen molar-refractivity contribution < 1.29 is 14.6 Å². The van der Waals surface area contributed by atoms with E-state index in [9.17, 15) is 9.90 Å². The first-order valence-corrected chi connectivity index (χ1v) is 6.81. The Morgan fingerprint density at radius 2 is 2.10 bits per heavy atom. The number of nitrogens with zero attached hydrogens (tertiary/aromatic N) is 3. The molecule has 2 heterocycles. The highest BCUT2D eigenvalue weighted by atomic mass is 16.5. The quantitative estimate of drug-likeness (QED) is 0.889. The summed E-state index contributed by atoms with van der Waals surface area (Å²) in [6.07, 6.45) is 1.41. The summed E-state index contributed by atoms with van der Waals surface area (Å²) >= 11 is 0. The van der Waals surface area contributed by atoms with Gasteiger partial charge in [0.05, 0.1) is 25.9 Å². The zero-order valence-corrected chi connectivity index (χ0v) is 11.7. The molecule has 1 aromatic heterocycles. The highest BCUT2D eigenvalue weighted by Gasteiger charge is 2.16. The molecule has 7 nitrogen and oxygen atoms in total. The lowest BCUT2D eigenvalue weighted by Crippen LogP contribution is -2.25. The third-order valence-corrected chi connectivity index (χ3v) is 3.39. The van der Waals surface area contributed by atoms with Crippen LogP contribution in [0.3, 0.4) is 0 Å². The first-order valence-electron chi connectivity index (χ1n) is 6.81. The lowest BCUT2D eigenvalue weighted by molar-refractivity contribution is 0.149. The van der Waals surface area contributed by atoms with E-state index in [-0.39, 0.29) is 12.2 Å². The smallest absolute Gasteiger partial charge is 0.345 e. The number of rotatable bonds is 3. The molecule has 21 heavy (non-hydrogen) atoms. The van der Waals surface area contributed by atoms with Gasteiger partial charge in [-0.25, -0.2) is 9.48 Å². The van der Waals surface area contributed by atoms with Crippen LogP contribution < -0.4 is 15.2 Å². The summed E-state index contributed by atoms with van der Waals surface area (Å²) in [5, 5.41) is 14.2. The van der Waals surface area contributed by atoms with E-state index in [1.54, 1.807) is 25.2 Å². The molecule has 3 rings (SSSR count). The van der Waals surface area contributed by atoms with Crippen molar-refractivity contribution in [3.8, 4) is 11.5 Å². The Morgan fingerprint density at radius 3 is 2.81 bits per heavy atom. The van der Waals surface area contributed by atoms with Gasteiger partial charge in [-0.05, 0) is 17.7 Å². The van der Waals surface area contributed by atoms with E-state index in [1.165, 1.54) is 15.6 Å². The first-order chi connectivity index (χ1) is 10.1. The zero-order chi connectivity index (χ0) is 14.8. The van der Waals surface area contributed by atoms with Crippen LogP contribution in [0.5, 0.6) is 11.5 Å². The standard InChI is InChI=1S/C14H17N3O4/c1-16-9-15-17(14(16)19)8-11(18)10-3-4-12-13(7-10)21-6-2-5-20-12/h3-4,7,9,11,18H,2,5-6,8H2,1H3. The van der Waals surface area contributed by atoms with Crippen molar-refractivity contribution in [3.05, 3.63) is 40.6 Å². The molecule has 1 aromatic carbocycles.